The van der Waals surface area contributed by atoms with E-state index in [-0.39, 0.29) is 12.5 Å². The monoisotopic (exact) mass is 321 g/mol. The maximum absolute atomic E-state index is 12.6. The quantitative estimate of drug-likeness (QED) is 0.736. The van der Waals surface area contributed by atoms with Crippen molar-refractivity contribution in [2.24, 2.45) is 0 Å². The third-order valence-corrected chi connectivity index (χ3v) is 3.68. The Labute approximate surface area is 140 Å². The summed E-state index contributed by atoms with van der Waals surface area (Å²) in [7, 11) is 1.73. The highest BCUT2D eigenvalue weighted by molar-refractivity contribution is 5.94. The Morgan fingerprint density at radius 1 is 1.04 bits per heavy atom. The van der Waals surface area contributed by atoms with E-state index in [1.54, 1.807) is 11.9 Å². The number of carbonyl (C=O) groups excluding carboxylic acids is 1. The van der Waals surface area contributed by atoms with Crippen LogP contribution >= 0.6 is 0 Å². The number of aryl methyl sites for hydroxylation is 2. The Morgan fingerprint density at radius 2 is 1.71 bits per heavy atom. The maximum Gasteiger partial charge on any atom is 0.254 e. The second kappa shape index (κ2) is 6.66. The van der Waals surface area contributed by atoms with Crippen LogP contribution in [-0.2, 0) is 6.54 Å². The molecule has 24 heavy (non-hydrogen) atoms. The lowest BCUT2D eigenvalue weighted by Crippen LogP contribution is -2.26. The normalized spacial score (nSPS) is 10.6. The van der Waals surface area contributed by atoms with Crippen LogP contribution in [0.1, 0.15) is 27.4 Å². The van der Waals surface area contributed by atoms with Crippen molar-refractivity contribution in [3.63, 3.8) is 0 Å². The molecule has 1 amide bonds. The molecule has 3 aromatic rings. The molecule has 0 spiro atoms. The smallest absolute Gasteiger partial charge is 0.254 e. The van der Waals surface area contributed by atoms with Gasteiger partial charge in [0, 0.05) is 18.2 Å². The second-order valence-corrected chi connectivity index (χ2v) is 5.90. The first-order chi connectivity index (χ1) is 11.5. The van der Waals surface area contributed by atoms with Gasteiger partial charge in [-0.3, -0.25) is 4.79 Å². The fraction of sp³-hybridized carbons (Fsp3) is 0.211. The summed E-state index contributed by atoms with van der Waals surface area (Å²) in [6, 6.07) is 15.4. The van der Waals surface area contributed by atoms with Gasteiger partial charge in [-0.05, 0) is 38.1 Å². The van der Waals surface area contributed by atoms with Gasteiger partial charge in [0.15, 0.2) is 0 Å². The van der Waals surface area contributed by atoms with E-state index in [9.17, 15) is 4.79 Å². The van der Waals surface area contributed by atoms with Crippen molar-refractivity contribution in [1.29, 1.82) is 0 Å². The number of aromatic nitrogens is 2. The number of nitrogens with zero attached hydrogens (tertiary/aromatic N) is 3. The van der Waals surface area contributed by atoms with Gasteiger partial charge in [0.25, 0.3) is 5.91 Å². The van der Waals surface area contributed by atoms with Crippen molar-refractivity contribution in [3.8, 4) is 11.5 Å². The zero-order valence-electron chi connectivity index (χ0n) is 14.0. The average molecular weight is 321 g/mol. The molecule has 2 aromatic carbocycles. The molecule has 0 radical (unpaired) electrons. The van der Waals surface area contributed by atoms with Crippen molar-refractivity contribution in [2.75, 3.05) is 7.05 Å². The van der Waals surface area contributed by atoms with Crippen LogP contribution in [-0.4, -0.2) is 28.1 Å². The summed E-state index contributed by atoms with van der Waals surface area (Å²) in [6.45, 7) is 4.23. The molecule has 0 unspecified atom stereocenters. The molecule has 0 bridgehead atoms. The summed E-state index contributed by atoms with van der Waals surface area (Å²) < 4.78 is 5.66. The van der Waals surface area contributed by atoms with Gasteiger partial charge in [0.05, 0.1) is 6.54 Å². The lowest BCUT2D eigenvalue weighted by atomic mass is 10.1. The number of hydrogen-bond donors (Lipinski definition) is 0. The number of carbonyl (C=O) groups is 1. The topological polar surface area (TPSA) is 59.2 Å². The third kappa shape index (κ3) is 3.51. The zero-order chi connectivity index (χ0) is 17.1. The molecule has 0 saturated carbocycles. The molecule has 122 valence electrons. The van der Waals surface area contributed by atoms with Crippen molar-refractivity contribution >= 4 is 5.91 Å². The highest BCUT2D eigenvalue weighted by atomic mass is 16.4. The van der Waals surface area contributed by atoms with E-state index < -0.39 is 0 Å². The minimum Gasteiger partial charge on any atom is -0.419 e. The van der Waals surface area contributed by atoms with Crippen LogP contribution in [0, 0.1) is 13.8 Å². The lowest BCUT2D eigenvalue weighted by Gasteiger charge is -2.15. The largest absolute Gasteiger partial charge is 0.419 e. The van der Waals surface area contributed by atoms with Crippen LogP contribution in [0.4, 0.5) is 0 Å². The average Bonchev–Trinajstić information content (AvgIpc) is 3.02. The summed E-state index contributed by atoms with van der Waals surface area (Å²) in [4.78, 5) is 14.1. The van der Waals surface area contributed by atoms with Gasteiger partial charge in [0.1, 0.15) is 0 Å². The highest BCUT2D eigenvalue weighted by Gasteiger charge is 2.16. The Morgan fingerprint density at radius 3 is 2.38 bits per heavy atom. The van der Waals surface area contributed by atoms with E-state index in [1.165, 1.54) is 0 Å². The lowest BCUT2D eigenvalue weighted by molar-refractivity contribution is 0.0773. The van der Waals surface area contributed by atoms with Gasteiger partial charge in [-0.25, -0.2) is 0 Å². The Kier molecular flexibility index (Phi) is 4.42. The minimum absolute atomic E-state index is 0.0683. The molecule has 5 nitrogen and oxygen atoms in total. The van der Waals surface area contributed by atoms with Crippen LogP contribution in [0.3, 0.4) is 0 Å². The third-order valence-electron chi connectivity index (χ3n) is 3.68. The Hall–Kier alpha value is -2.95. The molecule has 0 saturated heterocycles. The standard InChI is InChI=1S/C19H19N3O2/c1-13-9-14(2)11-16(10-13)19(23)22(3)12-17-20-21-18(24-17)15-7-5-4-6-8-15/h4-11H,12H2,1-3H3. The van der Waals surface area contributed by atoms with Crippen LogP contribution in [0.25, 0.3) is 11.5 Å². The molecular formula is C19H19N3O2. The first-order valence-electron chi connectivity index (χ1n) is 7.74. The highest BCUT2D eigenvalue weighted by Crippen LogP contribution is 2.18. The van der Waals surface area contributed by atoms with E-state index in [1.807, 2.05) is 62.4 Å². The van der Waals surface area contributed by atoms with Gasteiger partial charge in [-0.1, -0.05) is 35.4 Å². The first kappa shape index (κ1) is 15.9. The summed E-state index contributed by atoms with van der Waals surface area (Å²) in [5.74, 6) is 0.799. The minimum atomic E-state index is -0.0683. The second-order valence-electron chi connectivity index (χ2n) is 5.90. The molecule has 0 fully saturated rings. The molecule has 0 aliphatic carbocycles. The molecule has 1 heterocycles. The molecule has 0 aliphatic heterocycles. The molecular weight excluding hydrogens is 302 g/mol. The van der Waals surface area contributed by atoms with E-state index in [2.05, 4.69) is 10.2 Å². The summed E-state index contributed by atoms with van der Waals surface area (Å²) in [6.07, 6.45) is 0. The SMILES string of the molecule is Cc1cc(C)cc(C(=O)N(C)Cc2nnc(-c3ccccc3)o2)c1. The van der Waals surface area contributed by atoms with Crippen LogP contribution < -0.4 is 0 Å². The Bertz CT molecular complexity index is 836. The summed E-state index contributed by atoms with van der Waals surface area (Å²) in [5.41, 5.74) is 3.66. The maximum atomic E-state index is 12.6. The molecule has 0 aliphatic rings. The fourth-order valence-corrected chi connectivity index (χ4v) is 2.61. The van der Waals surface area contributed by atoms with E-state index in [0.717, 1.165) is 16.7 Å². The van der Waals surface area contributed by atoms with Gasteiger partial charge in [-0.2, -0.15) is 0 Å². The van der Waals surface area contributed by atoms with E-state index in [0.29, 0.717) is 17.3 Å². The summed E-state index contributed by atoms with van der Waals surface area (Å²) >= 11 is 0. The van der Waals surface area contributed by atoms with Gasteiger partial charge in [0.2, 0.25) is 11.8 Å². The number of amides is 1. The molecule has 0 N–H and O–H groups in total. The van der Waals surface area contributed by atoms with Crippen molar-refractivity contribution in [2.45, 2.75) is 20.4 Å². The number of hydrogen-bond acceptors (Lipinski definition) is 4. The number of rotatable bonds is 4. The van der Waals surface area contributed by atoms with Crippen LogP contribution in [0.2, 0.25) is 0 Å². The molecule has 0 atom stereocenters. The van der Waals surface area contributed by atoms with E-state index in [4.69, 9.17) is 4.42 Å². The molecule has 1 aromatic heterocycles. The summed E-state index contributed by atoms with van der Waals surface area (Å²) in [5, 5.41) is 8.08. The molecule has 3 rings (SSSR count). The predicted octanol–water partition coefficient (Wildman–Crippen LogP) is 3.63. The zero-order valence-corrected chi connectivity index (χ0v) is 14.0. The van der Waals surface area contributed by atoms with Crippen LogP contribution in [0.5, 0.6) is 0 Å². The van der Waals surface area contributed by atoms with Crippen molar-refractivity contribution in [3.05, 3.63) is 71.1 Å². The Balaban J connectivity index is 1.74. The predicted molar refractivity (Wildman–Crippen MR) is 91.4 cm³/mol. The van der Waals surface area contributed by atoms with Gasteiger partial charge < -0.3 is 9.32 Å². The first-order valence-corrected chi connectivity index (χ1v) is 7.74. The van der Waals surface area contributed by atoms with Gasteiger partial charge >= 0.3 is 0 Å². The van der Waals surface area contributed by atoms with Gasteiger partial charge in [-0.15, -0.1) is 10.2 Å². The van der Waals surface area contributed by atoms with Crippen molar-refractivity contribution < 1.29 is 9.21 Å². The van der Waals surface area contributed by atoms with Crippen molar-refractivity contribution in [1.82, 2.24) is 15.1 Å². The van der Waals surface area contributed by atoms with E-state index >= 15 is 0 Å². The molecule has 5 heteroatoms. The fourth-order valence-electron chi connectivity index (χ4n) is 2.61. The van der Waals surface area contributed by atoms with Crippen LogP contribution in [0.15, 0.2) is 52.9 Å². The number of benzene rings is 2.